The Morgan fingerprint density at radius 2 is 1.67 bits per heavy atom. The van der Waals surface area contributed by atoms with Gasteiger partial charge < -0.3 is 19.7 Å². The largest absolute Gasteiger partial charge is 0.460 e. The molecule has 1 aromatic carbocycles. The third kappa shape index (κ3) is 4.51. The van der Waals surface area contributed by atoms with Gasteiger partial charge in [-0.05, 0) is 12.1 Å². The Balaban J connectivity index is 3.04. The number of benzene rings is 1. The lowest BCUT2D eigenvalue weighted by atomic mass is 10.1. The molecular weight excluding hydrogens is 286 g/mol. The number of carbonyl (C=O) groups is 2. The van der Waals surface area contributed by atoms with Crippen molar-refractivity contribution in [1.29, 1.82) is 0 Å². The molecular formula is C12H13NO8. The van der Waals surface area contributed by atoms with E-state index in [9.17, 15) is 19.7 Å². The fourth-order valence-electron chi connectivity index (χ4n) is 1.42. The second kappa shape index (κ2) is 7.92. The van der Waals surface area contributed by atoms with Crippen molar-refractivity contribution in [3.8, 4) is 0 Å². The maximum Gasteiger partial charge on any atom is 0.345 e. The Labute approximate surface area is 118 Å². The molecule has 0 unspecified atom stereocenters. The van der Waals surface area contributed by atoms with Crippen LogP contribution in [0.4, 0.5) is 5.69 Å². The summed E-state index contributed by atoms with van der Waals surface area (Å²) in [6, 6.07) is 3.12. The van der Waals surface area contributed by atoms with E-state index in [-0.39, 0.29) is 30.9 Å². The summed E-state index contributed by atoms with van der Waals surface area (Å²) in [6.45, 7) is -1.33. The van der Waals surface area contributed by atoms with Crippen LogP contribution in [0.2, 0.25) is 0 Å². The summed E-state index contributed by atoms with van der Waals surface area (Å²) in [5.41, 5.74) is -1.09. The van der Waals surface area contributed by atoms with Crippen LogP contribution in [0.5, 0.6) is 0 Å². The van der Waals surface area contributed by atoms with Gasteiger partial charge >= 0.3 is 11.9 Å². The molecule has 0 aromatic heterocycles. The van der Waals surface area contributed by atoms with Gasteiger partial charge in [-0.1, -0.05) is 0 Å². The molecule has 0 bridgehead atoms. The lowest BCUT2D eigenvalue weighted by Gasteiger charge is -2.06. The predicted octanol–water partition coefficient (Wildman–Crippen LogP) is -0.107. The van der Waals surface area contributed by atoms with E-state index < -0.39 is 29.2 Å². The van der Waals surface area contributed by atoms with Crippen LogP contribution in [0.3, 0.4) is 0 Å². The van der Waals surface area contributed by atoms with Crippen molar-refractivity contribution in [2.45, 2.75) is 0 Å². The molecule has 21 heavy (non-hydrogen) atoms. The van der Waals surface area contributed by atoms with Crippen LogP contribution >= 0.6 is 0 Å². The number of aliphatic hydroxyl groups is 2. The number of aliphatic hydroxyl groups excluding tert-OH is 2. The lowest BCUT2D eigenvalue weighted by Crippen LogP contribution is -2.13. The molecule has 0 aliphatic heterocycles. The molecule has 0 aliphatic rings. The maximum atomic E-state index is 11.6. The van der Waals surface area contributed by atoms with Crippen molar-refractivity contribution >= 4 is 17.6 Å². The lowest BCUT2D eigenvalue weighted by molar-refractivity contribution is -0.385. The second-order valence-electron chi connectivity index (χ2n) is 3.71. The van der Waals surface area contributed by atoms with Gasteiger partial charge in [-0.25, -0.2) is 9.59 Å². The van der Waals surface area contributed by atoms with Crippen molar-refractivity contribution in [2.75, 3.05) is 26.4 Å². The van der Waals surface area contributed by atoms with Crippen LogP contribution in [-0.4, -0.2) is 53.5 Å². The van der Waals surface area contributed by atoms with Gasteiger partial charge in [-0.2, -0.15) is 0 Å². The Hall–Kier alpha value is -2.52. The maximum absolute atomic E-state index is 11.6. The smallest absolute Gasteiger partial charge is 0.345 e. The highest BCUT2D eigenvalue weighted by Crippen LogP contribution is 2.22. The van der Waals surface area contributed by atoms with Gasteiger partial charge in [0.05, 0.1) is 23.7 Å². The molecule has 0 radical (unpaired) electrons. The summed E-state index contributed by atoms with van der Waals surface area (Å²) in [5, 5.41) is 28.0. The zero-order chi connectivity index (χ0) is 15.8. The summed E-state index contributed by atoms with van der Waals surface area (Å²) < 4.78 is 9.21. The van der Waals surface area contributed by atoms with E-state index in [4.69, 9.17) is 10.2 Å². The minimum Gasteiger partial charge on any atom is -0.460 e. The molecule has 0 spiro atoms. The number of nitro groups is 1. The predicted molar refractivity (Wildman–Crippen MR) is 67.8 cm³/mol. The van der Waals surface area contributed by atoms with Crippen LogP contribution in [-0.2, 0) is 9.47 Å². The minimum atomic E-state index is -0.981. The van der Waals surface area contributed by atoms with Crippen molar-refractivity contribution in [2.24, 2.45) is 0 Å². The van der Waals surface area contributed by atoms with Crippen molar-refractivity contribution < 1.29 is 34.2 Å². The summed E-state index contributed by atoms with van der Waals surface area (Å²) in [4.78, 5) is 33.2. The molecule has 9 heteroatoms. The van der Waals surface area contributed by atoms with Crippen molar-refractivity contribution in [3.63, 3.8) is 0 Å². The Morgan fingerprint density at radius 1 is 1.10 bits per heavy atom. The second-order valence-corrected chi connectivity index (χ2v) is 3.71. The van der Waals surface area contributed by atoms with Crippen molar-refractivity contribution in [3.05, 3.63) is 39.4 Å². The van der Waals surface area contributed by atoms with E-state index in [2.05, 4.69) is 9.47 Å². The number of rotatable bonds is 7. The fraction of sp³-hybridized carbons (Fsp3) is 0.333. The highest BCUT2D eigenvalue weighted by Gasteiger charge is 2.24. The third-order valence-corrected chi connectivity index (χ3v) is 2.30. The highest BCUT2D eigenvalue weighted by atomic mass is 16.6. The first kappa shape index (κ1) is 16.5. The van der Waals surface area contributed by atoms with Gasteiger partial charge in [0, 0.05) is 6.07 Å². The standard InChI is InChI=1S/C12H13NO8/c14-3-5-20-11(16)8-1-2-9(10(7-8)13(18)19)12(17)21-6-4-15/h1-2,7,14-15H,3-6H2. The van der Waals surface area contributed by atoms with Crippen LogP contribution in [0.15, 0.2) is 18.2 Å². The third-order valence-electron chi connectivity index (χ3n) is 2.30. The first-order valence-corrected chi connectivity index (χ1v) is 5.85. The zero-order valence-corrected chi connectivity index (χ0v) is 10.9. The molecule has 2 N–H and O–H groups in total. The number of carbonyl (C=O) groups excluding carboxylic acids is 2. The zero-order valence-electron chi connectivity index (χ0n) is 10.9. The average Bonchev–Trinajstić information content (AvgIpc) is 2.49. The summed E-state index contributed by atoms with van der Waals surface area (Å²) in [5.74, 6) is -1.84. The molecule has 0 fully saturated rings. The Morgan fingerprint density at radius 3 is 2.19 bits per heavy atom. The monoisotopic (exact) mass is 299 g/mol. The molecule has 0 aliphatic carbocycles. The quantitative estimate of drug-likeness (QED) is 0.404. The van der Waals surface area contributed by atoms with Gasteiger partial charge in [0.25, 0.3) is 5.69 Å². The molecule has 0 atom stereocenters. The van der Waals surface area contributed by atoms with E-state index >= 15 is 0 Å². The normalized spacial score (nSPS) is 10.0. The van der Waals surface area contributed by atoms with Gasteiger partial charge in [-0.3, -0.25) is 10.1 Å². The summed E-state index contributed by atoms with van der Waals surface area (Å²) in [7, 11) is 0. The number of nitro benzene ring substituents is 1. The van der Waals surface area contributed by atoms with Gasteiger partial charge in [0.1, 0.15) is 18.8 Å². The highest BCUT2D eigenvalue weighted by molar-refractivity contribution is 5.97. The van der Waals surface area contributed by atoms with E-state index in [1.165, 1.54) is 6.07 Å². The topological polar surface area (TPSA) is 136 Å². The molecule has 9 nitrogen and oxygen atoms in total. The molecule has 1 aromatic rings. The minimum absolute atomic E-state index is 0.131. The molecule has 0 saturated heterocycles. The first-order chi connectivity index (χ1) is 10.0. The number of nitrogens with zero attached hydrogens (tertiary/aromatic N) is 1. The number of hydrogen-bond donors (Lipinski definition) is 2. The van der Waals surface area contributed by atoms with Crippen LogP contribution < -0.4 is 0 Å². The number of hydrogen-bond acceptors (Lipinski definition) is 8. The van der Waals surface area contributed by atoms with E-state index in [1.54, 1.807) is 0 Å². The summed E-state index contributed by atoms with van der Waals surface area (Å²) >= 11 is 0. The molecule has 114 valence electrons. The summed E-state index contributed by atoms with van der Waals surface area (Å²) in [6.07, 6.45) is 0. The Kier molecular flexibility index (Phi) is 6.24. The van der Waals surface area contributed by atoms with Crippen LogP contribution in [0.25, 0.3) is 0 Å². The van der Waals surface area contributed by atoms with Crippen molar-refractivity contribution in [1.82, 2.24) is 0 Å². The SMILES string of the molecule is O=C(OCCO)c1ccc(C(=O)OCCO)c([N+](=O)[O-])c1. The fourth-order valence-corrected chi connectivity index (χ4v) is 1.42. The van der Waals surface area contributed by atoms with Crippen LogP contribution in [0, 0.1) is 10.1 Å². The van der Waals surface area contributed by atoms with E-state index in [1.807, 2.05) is 0 Å². The number of esters is 2. The Bertz CT molecular complexity index is 542. The molecule has 0 saturated carbocycles. The number of ether oxygens (including phenoxy) is 2. The average molecular weight is 299 g/mol. The van der Waals surface area contributed by atoms with Crippen LogP contribution in [0.1, 0.15) is 20.7 Å². The van der Waals surface area contributed by atoms with Gasteiger partial charge in [-0.15, -0.1) is 0 Å². The first-order valence-electron chi connectivity index (χ1n) is 5.85. The molecule has 1 rings (SSSR count). The van der Waals surface area contributed by atoms with Gasteiger partial charge in [0.2, 0.25) is 0 Å². The van der Waals surface area contributed by atoms with Gasteiger partial charge in [0.15, 0.2) is 0 Å². The molecule has 0 amide bonds. The van der Waals surface area contributed by atoms with E-state index in [0.717, 1.165) is 12.1 Å². The molecule has 0 heterocycles. The van der Waals surface area contributed by atoms with E-state index in [0.29, 0.717) is 0 Å².